The first-order valence-corrected chi connectivity index (χ1v) is 6.81. The van der Waals surface area contributed by atoms with Crippen molar-refractivity contribution in [3.8, 4) is 0 Å². The lowest BCUT2D eigenvalue weighted by Crippen LogP contribution is -2.38. The Kier molecular flexibility index (Phi) is 4.55. The molecule has 1 aromatic rings. The third-order valence-electron chi connectivity index (χ3n) is 3.73. The van der Waals surface area contributed by atoms with E-state index in [4.69, 9.17) is 5.73 Å². The Morgan fingerprint density at radius 1 is 1.45 bits per heavy atom. The van der Waals surface area contributed by atoms with Gasteiger partial charge in [-0.15, -0.1) is 0 Å². The molecule has 108 valence electrons. The van der Waals surface area contributed by atoms with E-state index < -0.39 is 5.91 Å². The van der Waals surface area contributed by atoms with Gasteiger partial charge >= 0.3 is 0 Å². The van der Waals surface area contributed by atoms with Crippen LogP contribution in [0.25, 0.3) is 0 Å². The van der Waals surface area contributed by atoms with Crippen LogP contribution in [0.15, 0.2) is 18.5 Å². The van der Waals surface area contributed by atoms with Gasteiger partial charge in [-0.3, -0.25) is 14.6 Å². The number of carbonyl (C=O) groups excluding carboxylic acids is 2. The Hall–Kier alpha value is -2.11. The molecule has 1 saturated heterocycles. The molecular weight excluding hydrogens is 256 g/mol. The van der Waals surface area contributed by atoms with Gasteiger partial charge in [0.05, 0.1) is 11.3 Å². The number of hydrogen-bond donors (Lipinski definition) is 2. The standard InChI is InChI=1S/C14H20N4O2/c1-10(19)18-6-3-11(4-7-18)8-17-13-2-5-16-9-12(13)14(15)20/h2,5,9,11H,3-4,6-8H2,1H3,(H2,15,20)(H,16,17). The number of likely N-dealkylation sites (tertiary alicyclic amines) is 1. The number of nitrogens with zero attached hydrogens (tertiary/aromatic N) is 2. The Labute approximate surface area is 118 Å². The summed E-state index contributed by atoms with van der Waals surface area (Å²) < 4.78 is 0. The van der Waals surface area contributed by atoms with Gasteiger partial charge in [-0.25, -0.2) is 0 Å². The van der Waals surface area contributed by atoms with Crippen LogP contribution < -0.4 is 11.1 Å². The number of hydrogen-bond acceptors (Lipinski definition) is 4. The summed E-state index contributed by atoms with van der Waals surface area (Å²) in [6.45, 7) is 3.99. The van der Waals surface area contributed by atoms with E-state index in [-0.39, 0.29) is 5.91 Å². The summed E-state index contributed by atoms with van der Waals surface area (Å²) >= 11 is 0. The highest BCUT2D eigenvalue weighted by atomic mass is 16.2. The molecule has 2 heterocycles. The van der Waals surface area contributed by atoms with E-state index in [1.807, 2.05) is 4.90 Å². The molecule has 0 spiro atoms. The molecule has 6 heteroatoms. The first kappa shape index (κ1) is 14.3. The molecule has 0 unspecified atom stereocenters. The normalized spacial score (nSPS) is 15.9. The summed E-state index contributed by atoms with van der Waals surface area (Å²) in [5.41, 5.74) is 6.45. The number of primary amides is 1. The van der Waals surface area contributed by atoms with Gasteiger partial charge in [0.1, 0.15) is 0 Å². The lowest BCUT2D eigenvalue weighted by Gasteiger charge is -2.31. The summed E-state index contributed by atoms with van der Waals surface area (Å²) in [7, 11) is 0. The maximum atomic E-state index is 11.3. The van der Waals surface area contributed by atoms with Crippen LogP contribution in [0.3, 0.4) is 0 Å². The summed E-state index contributed by atoms with van der Waals surface area (Å²) in [5, 5.41) is 3.26. The third kappa shape index (κ3) is 3.46. The van der Waals surface area contributed by atoms with Crippen LogP contribution in [-0.4, -0.2) is 41.3 Å². The van der Waals surface area contributed by atoms with E-state index >= 15 is 0 Å². The topological polar surface area (TPSA) is 88.3 Å². The van der Waals surface area contributed by atoms with Crippen molar-refractivity contribution in [1.82, 2.24) is 9.88 Å². The molecule has 2 amide bonds. The average molecular weight is 276 g/mol. The van der Waals surface area contributed by atoms with Crippen LogP contribution in [0.4, 0.5) is 5.69 Å². The second-order valence-electron chi connectivity index (χ2n) is 5.12. The molecule has 2 rings (SSSR count). The molecule has 6 nitrogen and oxygen atoms in total. The fraction of sp³-hybridized carbons (Fsp3) is 0.500. The Morgan fingerprint density at radius 3 is 2.75 bits per heavy atom. The molecule has 1 aromatic heterocycles. The minimum atomic E-state index is -0.480. The Morgan fingerprint density at radius 2 is 2.15 bits per heavy atom. The van der Waals surface area contributed by atoms with Crippen molar-refractivity contribution in [2.75, 3.05) is 25.0 Å². The Bertz CT molecular complexity index is 496. The minimum Gasteiger partial charge on any atom is -0.384 e. The maximum absolute atomic E-state index is 11.3. The second-order valence-corrected chi connectivity index (χ2v) is 5.12. The summed E-state index contributed by atoms with van der Waals surface area (Å²) in [6, 6.07) is 1.75. The van der Waals surface area contributed by atoms with Crippen molar-refractivity contribution in [2.45, 2.75) is 19.8 Å². The molecule has 1 fully saturated rings. The average Bonchev–Trinajstić information content (AvgIpc) is 2.45. The van der Waals surface area contributed by atoms with Crippen LogP contribution in [-0.2, 0) is 4.79 Å². The van der Waals surface area contributed by atoms with Crippen LogP contribution >= 0.6 is 0 Å². The molecule has 0 saturated carbocycles. The predicted molar refractivity (Wildman–Crippen MR) is 76.2 cm³/mol. The van der Waals surface area contributed by atoms with Gasteiger partial charge in [-0.2, -0.15) is 0 Å². The van der Waals surface area contributed by atoms with Gasteiger partial charge in [0.2, 0.25) is 5.91 Å². The minimum absolute atomic E-state index is 0.140. The second kappa shape index (κ2) is 6.36. The molecule has 20 heavy (non-hydrogen) atoms. The maximum Gasteiger partial charge on any atom is 0.252 e. The largest absolute Gasteiger partial charge is 0.384 e. The first-order chi connectivity index (χ1) is 9.58. The van der Waals surface area contributed by atoms with Crippen LogP contribution in [0.2, 0.25) is 0 Å². The highest BCUT2D eigenvalue weighted by molar-refractivity contribution is 5.98. The molecule has 3 N–H and O–H groups in total. The highest BCUT2D eigenvalue weighted by Crippen LogP contribution is 2.19. The van der Waals surface area contributed by atoms with Gasteiger partial charge < -0.3 is 16.0 Å². The molecule has 1 aliphatic heterocycles. The lowest BCUT2D eigenvalue weighted by atomic mass is 9.96. The van der Waals surface area contributed by atoms with Gasteiger partial charge in [-0.05, 0) is 24.8 Å². The number of rotatable bonds is 4. The van der Waals surface area contributed by atoms with E-state index in [0.717, 1.165) is 38.2 Å². The highest BCUT2D eigenvalue weighted by Gasteiger charge is 2.20. The SMILES string of the molecule is CC(=O)N1CCC(CNc2ccncc2C(N)=O)CC1. The van der Waals surface area contributed by atoms with Gasteiger partial charge in [-0.1, -0.05) is 0 Å². The summed E-state index contributed by atoms with van der Waals surface area (Å²) in [6.07, 6.45) is 5.06. The summed E-state index contributed by atoms with van der Waals surface area (Å²) in [5.74, 6) is 0.160. The van der Waals surface area contributed by atoms with Crippen LogP contribution in [0, 0.1) is 5.92 Å². The van der Waals surface area contributed by atoms with Crippen molar-refractivity contribution in [3.63, 3.8) is 0 Å². The fourth-order valence-electron chi connectivity index (χ4n) is 2.45. The van der Waals surface area contributed by atoms with Crippen molar-refractivity contribution in [2.24, 2.45) is 11.7 Å². The molecule has 0 aliphatic carbocycles. The number of aromatic nitrogens is 1. The lowest BCUT2D eigenvalue weighted by molar-refractivity contribution is -0.130. The number of nitrogens with two attached hydrogens (primary N) is 1. The predicted octanol–water partition coefficient (Wildman–Crippen LogP) is 0.851. The number of pyridine rings is 1. The van der Waals surface area contributed by atoms with Gasteiger partial charge in [0.15, 0.2) is 0 Å². The van der Waals surface area contributed by atoms with Crippen molar-refractivity contribution >= 4 is 17.5 Å². The van der Waals surface area contributed by atoms with E-state index in [0.29, 0.717) is 11.5 Å². The quantitative estimate of drug-likeness (QED) is 0.853. The molecule has 1 aliphatic rings. The van der Waals surface area contributed by atoms with E-state index in [2.05, 4.69) is 10.3 Å². The molecule has 0 atom stereocenters. The van der Waals surface area contributed by atoms with Crippen molar-refractivity contribution in [3.05, 3.63) is 24.0 Å². The molecule has 0 bridgehead atoms. The number of amides is 2. The fourth-order valence-corrected chi connectivity index (χ4v) is 2.45. The number of nitrogens with one attached hydrogen (secondary N) is 1. The summed E-state index contributed by atoms with van der Waals surface area (Å²) in [4.78, 5) is 28.3. The first-order valence-electron chi connectivity index (χ1n) is 6.81. The van der Waals surface area contributed by atoms with E-state index in [9.17, 15) is 9.59 Å². The van der Waals surface area contributed by atoms with Gasteiger partial charge in [0, 0.05) is 39.0 Å². The van der Waals surface area contributed by atoms with Crippen LogP contribution in [0.1, 0.15) is 30.1 Å². The zero-order valence-electron chi connectivity index (χ0n) is 11.6. The number of anilines is 1. The zero-order chi connectivity index (χ0) is 14.5. The van der Waals surface area contributed by atoms with Crippen molar-refractivity contribution in [1.29, 1.82) is 0 Å². The molecule has 0 radical (unpaired) electrons. The number of piperidine rings is 1. The van der Waals surface area contributed by atoms with Gasteiger partial charge in [0.25, 0.3) is 5.91 Å². The monoisotopic (exact) mass is 276 g/mol. The zero-order valence-corrected chi connectivity index (χ0v) is 11.6. The molecule has 0 aromatic carbocycles. The smallest absolute Gasteiger partial charge is 0.252 e. The van der Waals surface area contributed by atoms with E-state index in [1.54, 1.807) is 19.2 Å². The van der Waals surface area contributed by atoms with Crippen LogP contribution in [0.5, 0.6) is 0 Å². The Balaban J connectivity index is 1.88. The number of carbonyl (C=O) groups is 2. The molecular formula is C14H20N4O2. The van der Waals surface area contributed by atoms with E-state index in [1.165, 1.54) is 6.20 Å². The third-order valence-corrected chi connectivity index (χ3v) is 3.73. The van der Waals surface area contributed by atoms with Crippen molar-refractivity contribution < 1.29 is 9.59 Å².